The van der Waals surface area contributed by atoms with Gasteiger partial charge in [-0.05, 0) is 44.0 Å². The lowest BCUT2D eigenvalue weighted by molar-refractivity contribution is -0.141. The van der Waals surface area contributed by atoms with E-state index in [1.165, 1.54) is 17.7 Å². The molecular weight excluding hydrogens is 524 g/mol. The van der Waals surface area contributed by atoms with Gasteiger partial charge in [0.05, 0.1) is 18.2 Å². The third-order valence-corrected chi connectivity index (χ3v) is 9.00. The molecule has 1 fully saturated rings. The summed E-state index contributed by atoms with van der Waals surface area (Å²) in [5.41, 5.74) is 3.55. The predicted molar refractivity (Wildman–Crippen MR) is 154 cm³/mol. The average molecular weight is 561 g/mol. The van der Waals surface area contributed by atoms with E-state index in [9.17, 15) is 13.2 Å². The Balaban J connectivity index is 1.56. The Bertz CT molecular complexity index is 1460. The summed E-state index contributed by atoms with van der Waals surface area (Å²) in [4.78, 5) is 18.3. The van der Waals surface area contributed by atoms with Crippen molar-refractivity contribution in [3.63, 3.8) is 0 Å². The fraction of sp³-hybridized carbons (Fsp3) is 0.344. The largest absolute Gasteiger partial charge is 0.462 e. The van der Waals surface area contributed by atoms with Crippen LogP contribution in [-0.2, 0) is 30.4 Å². The normalized spacial score (nSPS) is 20.7. The van der Waals surface area contributed by atoms with Crippen LogP contribution in [0.4, 0.5) is 0 Å². The van der Waals surface area contributed by atoms with Crippen molar-refractivity contribution in [1.82, 2.24) is 9.80 Å². The van der Waals surface area contributed by atoms with Gasteiger partial charge < -0.3 is 8.92 Å². The minimum Gasteiger partial charge on any atom is -0.462 e. The van der Waals surface area contributed by atoms with Crippen LogP contribution >= 0.6 is 0 Å². The van der Waals surface area contributed by atoms with Crippen LogP contribution in [0.1, 0.15) is 43.0 Å². The van der Waals surface area contributed by atoms with E-state index in [1.807, 2.05) is 43.3 Å². The van der Waals surface area contributed by atoms with Crippen LogP contribution in [0.15, 0.2) is 101 Å². The number of esters is 1. The van der Waals surface area contributed by atoms with Gasteiger partial charge in [-0.1, -0.05) is 78.4 Å². The number of nitrogens with zero attached hydrogens (tertiary/aromatic N) is 2. The van der Waals surface area contributed by atoms with Gasteiger partial charge in [-0.15, -0.1) is 0 Å². The van der Waals surface area contributed by atoms with E-state index in [2.05, 4.69) is 41.0 Å². The molecule has 0 aromatic heterocycles. The fourth-order valence-corrected chi connectivity index (χ4v) is 6.85. The molecule has 2 unspecified atom stereocenters. The lowest BCUT2D eigenvalue weighted by Gasteiger charge is -2.52. The highest BCUT2D eigenvalue weighted by molar-refractivity contribution is 7.86. The lowest BCUT2D eigenvalue weighted by atomic mass is 9.86. The Hall–Kier alpha value is -3.46. The van der Waals surface area contributed by atoms with Crippen molar-refractivity contribution in [2.75, 3.05) is 19.7 Å². The first-order valence-electron chi connectivity index (χ1n) is 13.8. The number of fused-ring (bicyclic) bond motifs is 2. The Labute approximate surface area is 237 Å². The summed E-state index contributed by atoms with van der Waals surface area (Å²) in [7, 11) is -4.14. The summed E-state index contributed by atoms with van der Waals surface area (Å²) in [5, 5.41) is 0. The summed E-state index contributed by atoms with van der Waals surface area (Å²) in [6.07, 6.45) is 0.276. The topological polar surface area (TPSA) is 76.1 Å². The molecular formula is C32H36N2O5S. The molecule has 0 spiro atoms. The van der Waals surface area contributed by atoms with Crippen LogP contribution in [0.3, 0.4) is 0 Å². The van der Waals surface area contributed by atoms with E-state index in [4.69, 9.17) is 8.92 Å². The number of rotatable bonds is 9. The molecule has 0 amide bonds. The first-order valence-corrected chi connectivity index (χ1v) is 15.2. The molecule has 0 radical (unpaired) electrons. The quantitative estimate of drug-likeness (QED) is 0.262. The third-order valence-electron chi connectivity index (χ3n) is 7.73. The molecule has 0 saturated carbocycles. The van der Waals surface area contributed by atoms with Crippen LogP contribution < -0.4 is 0 Å². The maximum Gasteiger partial charge on any atom is 0.339 e. The molecule has 2 aliphatic heterocycles. The molecule has 2 heterocycles. The van der Waals surface area contributed by atoms with Crippen LogP contribution in [0.25, 0.3) is 0 Å². The molecule has 7 nitrogen and oxygen atoms in total. The highest BCUT2D eigenvalue weighted by atomic mass is 32.2. The molecule has 2 aliphatic rings. The van der Waals surface area contributed by atoms with Crippen molar-refractivity contribution in [1.29, 1.82) is 0 Å². The standard InChI is InChI=1S/C32H36N2O5S/c1-4-38-32(35)31-29-22-33(20-25-11-7-5-8-12-25)21-27(34(29)24(3)26-13-9-6-10-14-26)19-30(31)39-40(36,37)28-17-15-23(2)16-18-28/h5-18,24,27,29H,4,19-22H2,1-3H3/t24?,27-,29?/m0/s1. The smallest absolute Gasteiger partial charge is 0.339 e. The van der Waals surface area contributed by atoms with Crippen molar-refractivity contribution in [2.24, 2.45) is 0 Å². The lowest BCUT2D eigenvalue weighted by Crippen LogP contribution is -2.62. The SMILES string of the molecule is CCOC(=O)C1=C(OS(=O)(=O)c2ccc(C)cc2)C[C@H]2CN(Cc3ccccc3)CC1N2C(C)c1ccccc1. The molecule has 3 aromatic rings. The third kappa shape index (κ3) is 5.99. The van der Waals surface area contributed by atoms with Gasteiger partial charge in [-0.2, -0.15) is 8.42 Å². The summed E-state index contributed by atoms with van der Waals surface area (Å²) in [6.45, 7) is 7.93. The van der Waals surface area contributed by atoms with Crippen LogP contribution in [0.5, 0.6) is 0 Å². The molecule has 3 aromatic carbocycles. The summed E-state index contributed by atoms with van der Waals surface area (Å²) in [5.74, 6) is -0.350. The van der Waals surface area contributed by atoms with E-state index in [0.717, 1.165) is 17.7 Å². The van der Waals surface area contributed by atoms with Gasteiger partial charge in [0.2, 0.25) is 0 Å². The molecule has 3 atom stereocenters. The van der Waals surface area contributed by atoms with E-state index >= 15 is 0 Å². The minimum absolute atomic E-state index is 0.00485. The summed E-state index contributed by atoms with van der Waals surface area (Å²) >= 11 is 0. The maximum absolute atomic E-state index is 13.5. The molecule has 40 heavy (non-hydrogen) atoms. The first kappa shape index (κ1) is 28.1. The van der Waals surface area contributed by atoms with Crippen LogP contribution in [-0.4, -0.2) is 56.0 Å². The maximum atomic E-state index is 13.5. The Morgan fingerprint density at radius 1 is 0.950 bits per heavy atom. The first-order chi connectivity index (χ1) is 19.3. The molecule has 2 bridgehead atoms. The zero-order chi connectivity index (χ0) is 28.3. The van der Waals surface area contributed by atoms with Crippen molar-refractivity contribution in [2.45, 2.75) is 56.8 Å². The molecule has 210 valence electrons. The highest BCUT2D eigenvalue weighted by Crippen LogP contribution is 2.41. The number of benzene rings is 3. The van der Waals surface area contributed by atoms with Crippen molar-refractivity contribution in [3.8, 4) is 0 Å². The molecule has 8 heteroatoms. The number of piperazine rings is 1. The zero-order valence-electron chi connectivity index (χ0n) is 23.2. The second-order valence-corrected chi connectivity index (χ2v) is 12.0. The van der Waals surface area contributed by atoms with Crippen LogP contribution in [0.2, 0.25) is 0 Å². The zero-order valence-corrected chi connectivity index (χ0v) is 24.0. The Kier molecular flexibility index (Phi) is 8.40. The van der Waals surface area contributed by atoms with Gasteiger partial charge in [0, 0.05) is 38.1 Å². The van der Waals surface area contributed by atoms with Gasteiger partial charge in [0.15, 0.2) is 0 Å². The second kappa shape index (κ2) is 12.0. The van der Waals surface area contributed by atoms with Gasteiger partial charge in [-0.25, -0.2) is 4.79 Å². The van der Waals surface area contributed by atoms with Crippen molar-refractivity contribution < 1.29 is 22.1 Å². The monoisotopic (exact) mass is 560 g/mol. The van der Waals surface area contributed by atoms with Gasteiger partial charge in [0.1, 0.15) is 10.7 Å². The highest BCUT2D eigenvalue weighted by Gasteiger charge is 2.48. The Morgan fingerprint density at radius 3 is 2.25 bits per heavy atom. The van der Waals surface area contributed by atoms with E-state index in [-0.39, 0.29) is 41.3 Å². The number of ether oxygens (including phenoxy) is 1. The molecule has 0 aliphatic carbocycles. The predicted octanol–water partition coefficient (Wildman–Crippen LogP) is 5.24. The number of hydrogen-bond donors (Lipinski definition) is 0. The van der Waals surface area contributed by atoms with Gasteiger partial charge in [-0.3, -0.25) is 9.80 Å². The second-order valence-electron chi connectivity index (χ2n) is 10.5. The van der Waals surface area contributed by atoms with Crippen LogP contribution in [0, 0.1) is 6.92 Å². The number of aryl methyl sites for hydroxylation is 1. The van der Waals surface area contributed by atoms with E-state index in [0.29, 0.717) is 13.1 Å². The summed E-state index contributed by atoms with van der Waals surface area (Å²) in [6, 6.07) is 26.5. The average Bonchev–Trinajstić information content (AvgIpc) is 2.93. The fourth-order valence-electron chi connectivity index (χ4n) is 5.86. The Morgan fingerprint density at radius 2 is 1.60 bits per heavy atom. The number of carbonyl (C=O) groups excluding carboxylic acids is 1. The number of hydrogen-bond acceptors (Lipinski definition) is 7. The van der Waals surface area contributed by atoms with E-state index < -0.39 is 22.1 Å². The van der Waals surface area contributed by atoms with E-state index in [1.54, 1.807) is 19.1 Å². The van der Waals surface area contributed by atoms with Gasteiger partial charge in [0.25, 0.3) is 0 Å². The molecule has 1 saturated heterocycles. The number of carbonyl (C=O) groups is 1. The van der Waals surface area contributed by atoms with Gasteiger partial charge >= 0.3 is 16.1 Å². The summed E-state index contributed by atoms with van der Waals surface area (Å²) < 4.78 is 38.1. The van der Waals surface area contributed by atoms with Crippen molar-refractivity contribution >= 4 is 16.1 Å². The van der Waals surface area contributed by atoms with Crippen molar-refractivity contribution in [3.05, 3.63) is 113 Å². The molecule has 0 N–H and O–H groups in total. The minimum atomic E-state index is -4.14. The molecule has 5 rings (SSSR count).